The zero-order valence-electron chi connectivity index (χ0n) is 16.4. The van der Waals surface area contributed by atoms with Crippen LogP contribution in [-0.2, 0) is 0 Å². The van der Waals surface area contributed by atoms with Crippen molar-refractivity contribution in [2.75, 3.05) is 38.2 Å². The van der Waals surface area contributed by atoms with Crippen molar-refractivity contribution in [2.24, 2.45) is 0 Å². The first kappa shape index (κ1) is 18.3. The number of pyridine rings is 1. The Morgan fingerprint density at radius 2 is 1.93 bits per heavy atom. The average Bonchev–Trinajstić information content (AvgIpc) is 2.94. The van der Waals surface area contributed by atoms with Gasteiger partial charge in [0.2, 0.25) is 5.65 Å². The fraction of sp³-hybridized carbons (Fsp3) is 0.381. The minimum atomic E-state index is 0.0526. The molecule has 0 saturated carbocycles. The Kier molecular flexibility index (Phi) is 4.90. The molecule has 0 spiro atoms. The number of carbonyl (C=O) groups is 1. The van der Waals surface area contributed by atoms with Gasteiger partial charge in [-0.15, -0.1) is 0 Å². The van der Waals surface area contributed by atoms with E-state index in [4.69, 9.17) is 9.15 Å². The second-order valence-corrected chi connectivity index (χ2v) is 7.08. The standard InChI is InChI=1S/C21H24N4O3/c1-14-13-16(27-3)6-7-17(14)20(26)24-9-4-10-25(12-11-24)21-23-19-18(28-21)8-5-15(2)22-19/h5-8,13H,4,9-12H2,1-3H3. The molecule has 1 amide bonds. The van der Waals surface area contributed by atoms with Gasteiger partial charge in [-0.1, -0.05) is 0 Å². The zero-order valence-corrected chi connectivity index (χ0v) is 16.4. The summed E-state index contributed by atoms with van der Waals surface area (Å²) in [6, 6.07) is 9.95. The number of carbonyl (C=O) groups excluding carboxylic acids is 1. The van der Waals surface area contributed by atoms with Crippen LogP contribution in [0.25, 0.3) is 11.2 Å². The molecule has 0 aliphatic carbocycles. The van der Waals surface area contributed by atoms with Crippen LogP contribution in [0.4, 0.5) is 6.01 Å². The Bertz CT molecular complexity index is 1010. The Morgan fingerprint density at radius 3 is 2.71 bits per heavy atom. The van der Waals surface area contributed by atoms with Crippen molar-refractivity contribution < 1.29 is 13.9 Å². The molecule has 1 aromatic carbocycles. The quantitative estimate of drug-likeness (QED) is 0.695. The van der Waals surface area contributed by atoms with Crippen LogP contribution < -0.4 is 9.64 Å². The van der Waals surface area contributed by atoms with Crippen molar-refractivity contribution in [3.05, 3.63) is 47.2 Å². The predicted octanol–water partition coefficient (Wildman–Crippen LogP) is 3.20. The van der Waals surface area contributed by atoms with Gasteiger partial charge >= 0.3 is 0 Å². The molecule has 1 fully saturated rings. The van der Waals surface area contributed by atoms with Crippen molar-refractivity contribution >= 4 is 23.2 Å². The summed E-state index contributed by atoms with van der Waals surface area (Å²) in [4.78, 5) is 25.9. The Labute approximate surface area is 163 Å². The molecule has 0 atom stereocenters. The number of nitrogens with zero attached hydrogens (tertiary/aromatic N) is 4. The van der Waals surface area contributed by atoms with E-state index in [1.165, 1.54) is 0 Å². The van der Waals surface area contributed by atoms with E-state index < -0.39 is 0 Å². The lowest BCUT2D eigenvalue weighted by atomic mass is 10.1. The van der Waals surface area contributed by atoms with Crippen LogP contribution in [-0.4, -0.2) is 54.1 Å². The van der Waals surface area contributed by atoms with E-state index in [1.807, 2.05) is 49.1 Å². The molecule has 7 heteroatoms. The summed E-state index contributed by atoms with van der Waals surface area (Å²) < 4.78 is 11.1. The second-order valence-electron chi connectivity index (χ2n) is 7.08. The summed E-state index contributed by atoms with van der Waals surface area (Å²) in [7, 11) is 1.63. The third-order valence-electron chi connectivity index (χ3n) is 5.10. The third kappa shape index (κ3) is 3.52. The van der Waals surface area contributed by atoms with Gasteiger partial charge in [-0.25, -0.2) is 4.98 Å². The number of hydrogen-bond acceptors (Lipinski definition) is 6. The van der Waals surface area contributed by atoms with Gasteiger partial charge in [-0.3, -0.25) is 4.79 Å². The van der Waals surface area contributed by atoms with E-state index in [0.717, 1.165) is 35.5 Å². The highest BCUT2D eigenvalue weighted by Gasteiger charge is 2.24. The maximum atomic E-state index is 13.0. The molecule has 4 rings (SSSR count). The van der Waals surface area contributed by atoms with Gasteiger partial charge in [-0.2, -0.15) is 4.98 Å². The number of ether oxygens (including phenoxy) is 1. The number of aromatic nitrogens is 2. The molecule has 0 N–H and O–H groups in total. The first-order valence-corrected chi connectivity index (χ1v) is 9.48. The van der Waals surface area contributed by atoms with Crippen LogP contribution in [0, 0.1) is 13.8 Å². The predicted molar refractivity (Wildman–Crippen MR) is 107 cm³/mol. The highest BCUT2D eigenvalue weighted by Crippen LogP contribution is 2.23. The lowest BCUT2D eigenvalue weighted by molar-refractivity contribution is 0.0766. The number of amides is 1. The molecular weight excluding hydrogens is 356 g/mol. The number of hydrogen-bond donors (Lipinski definition) is 0. The zero-order chi connectivity index (χ0) is 19.7. The molecule has 28 heavy (non-hydrogen) atoms. The number of fused-ring (bicyclic) bond motifs is 1. The summed E-state index contributed by atoms with van der Waals surface area (Å²) in [6.45, 7) is 6.66. The second kappa shape index (κ2) is 7.50. The average molecular weight is 380 g/mol. The van der Waals surface area contributed by atoms with Crippen LogP contribution in [0.1, 0.15) is 28.0 Å². The summed E-state index contributed by atoms with van der Waals surface area (Å²) in [5.41, 5.74) is 3.86. The van der Waals surface area contributed by atoms with Crippen molar-refractivity contribution in [1.82, 2.24) is 14.9 Å². The molecule has 2 aromatic heterocycles. The molecule has 0 bridgehead atoms. The summed E-state index contributed by atoms with van der Waals surface area (Å²) in [5.74, 6) is 0.813. The van der Waals surface area contributed by atoms with Gasteiger partial charge in [0.05, 0.1) is 7.11 Å². The topological polar surface area (TPSA) is 71.7 Å². The summed E-state index contributed by atoms with van der Waals surface area (Å²) in [6.07, 6.45) is 0.853. The molecule has 7 nitrogen and oxygen atoms in total. The molecule has 1 aliphatic rings. The van der Waals surface area contributed by atoms with Crippen molar-refractivity contribution in [3.8, 4) is 5.75 Å². The van der Waals surface area contributed by atoms with Crippen molar-refractivity contribution in [3.63, 3.8) is 0 Å². The fourth-order valence-electron chi connectivity index (χ4n) is 3.52. The number of rotatable bonds is 3. The van der Waals surface area contributed by atoms with Gasteiger partial charge in [0.15, 0.2) is 5.58 Å². The highest BCUT2D eigenvalue weighted by atomic mass is 16.5. The molecule has 0 radical (unpaired) electrons. The monoisotopic (exact) mass is 380 g/mol. The number of anilines is 1. The minimum absolute atomic E-state index is 0.0526. The summed E-state index contributed by atoms with van der Waals surface area (Å²) >= 11 is 0. The van der Waals surface area contributed by atoms with Gasteiger partial charge in [0.1, 0.15) is 5.75 Å². The van der Waals surface area contributed by atoms with E-state index in [9.17, 15) is 4.79 Å². The summed E-state index contributed by atoms with van der Waals surface area (Å²) in [5, 5.41) is 0. The van der Waals surface area contributed by atoms with Crippen LogP contribution in [0.3, 0.4) is 0 Å². The van der Waals surface area contributed by atoms with Crippen LogP contribution in [0.5, 0.6) is 5.75 Å². The van der Waals surface area contributed by atoms with Crippen molar-refractivity contribution in [1.29, 1.82) is 0 Å². The SMILES string of the molecule is COc1ccc(C(=O)N2CCCN(c3nc4nc(C)ccc4o3)CC2)c(C)c1. The maximum Gasteiger partial charge on any atom is 0.300 e. The Morgan fingerprint density at radius 1 is 1.07 bits per heavy atom. The van der Waals surface area contributed by atoms with Crippen molar-refractivity contribution in [2.45, 2.75) is 20.3 Å². The molecule has 1 aliphatic heterocycles. The first-order chi connectivity index (χ1) is 13.5. The van der Waals surface area contributed by atoms with Crippen LogP contribution in [0.15, 0.2) is 34.7 Å². The molecule has 146 valence electrons. The minimum Gasteiger partial charge on any atom is -0.497 e. The van der Waals surface area contributed by atoms with Gasteiger partial charge in [-0.05, 0) is 56.2 Å². The third-order valence-corrected chi connectivity index (χ3v) is 5.10. The number of methoxy groups -OCH3 is 1. The normalized spacial score (nSPS) is 15.0. The molecule has 3 aromatic rings. The number of aryl methyl sites for hydroxylation is 2. The first-order valence-electron chi connectivity index (χ1n) is 9.48. The van der Waals surface area contributed by atoms with Gasteiger partial charge in [0.25, 0.3) is 11.9 Å². The number of oxazole rings is 1. The van der Waals surface area contributed by atoms with E-state index in [0.29, 0.717) is 36.9 Å². The van der Waals surface area contributed by atoms with Crippen LogP contribution >= 0.6 is 0 Å². The lowest BCUT2D eigenvalue weighted by Crippen LogP contribution is -2.35. The van der Waals surface area contributed by atoms with E-state index in [2.05, 4.69) is 14.9 Å². The molecule has 3 heterocycles. The largest absolute Gasteiger partial charge is 0.497 e. The maximum absolute atomic E-state index is 13.0. The number of benzene rings is 1. The van der Waals surface area contributed by atoms with Crippen LogP contribution in [0.2, 0.25) is 0 Å². The Balaban J connectivity index is 1.49. The highest BCUT2D eigenvalue weighted by molar-refractivity contribution is 5.95. The molecule has 1 saturated heterocycles. The smallest absolute Gasteiger partial charge is 0.300 e. The van der Waals surface area contributed by atoms with E-state index in [-0.39, 0.29) is 5.91 Å². The van der Waals surface area contributed by atoms with E-state index in [1.54, 1.807) is 7.11 Å². The molecular formula is C21H24N4O3. The van der Waals surface area contributed by atoms with Gasteiger partial charge < -0.3 is 19.0 Å². The fourth-order valence-corrected chi connectivity index (χ4v) is 3.52. The van der Waals surface area contributed by atoms with Gasteiger partial charge in [0, 0.05) is 37.4 Å². The Hall–Kier alpha value is -3.09. The lowest BCUT2D eigenvalue weighted by Gasteiger charge is -2.22. The molecule has 0 unspecified atom stereocenters. The van der Waals surface area contributed by atoms with E-state index >= 15 is 0 Å².